The number of hydrogen-bond acceptors (Lipinski definition) is 7. The highest BCUT2D eigenvalue weighted by atomic mass is 16.2. The second kappa shape index (κ2) is 8.92. The zero-order valence-electron chi connectivity index (χ0n) is 20.2. The number of fused-ring (bicyclic) bond motifs is 3. The second-order valence-corrected chi connectivity index (χ2v) is 9.13. The number of aryl methyl sites for hydroxylation is 2. The van der Waals surface area contributed by atoms with Crippen molar-refractivity contribution in [3.05, 3.63) is 83.4 Å². The lowest BCUT2D eigenvalue weighted by atomic mass is 10.1. The highest BCUT2D eigenvalue weighted by Crippen LogP contribution is 2.25. The zero-order chi connectivity index (χ0) is 24.6. The third kappa shape index (κ3) is 3.98. The number of amides is 1. The molecule has 9 heteroatoms. The summed E-state index contributed by atoms with van der Waals surface area (Å²) in [7, 11) is 0. The Kier molecular flexibility index (Phi) is 5.44. The Morgan fingerprint density at radius 1 is 0.917 bits per heavy atom. The van der Waals surface area contributed by atoms with Gasteiger partial charge in [-0.05, 0) is 72.3 Å². The van der Waals surface area contributed by atoms with Crippen molar-refractivity contribution in [3.8, 4) is 0 Å². The zero-order valence-corrected chi connectivity index (χ0v) is 20.2. The van der Waals surface area contributed by atoms with E-state index in [9.17, 15) is 4.79 Å². The van der Waals surface area contributed by atoms with Gasteiger partial charge in [0.15, 0.2) is 5.82 Å². The minimum absolute atomic E-state index is 0.0507. The molecule has 0 saturated carbocycles. The molecule has 0 radical (unpaired) electrons. The fourth-order valence-electron chi connectivity index (χ4n) is 4.82. The van der Waals surface area contributed by atoms with Crippen LogP contribution in [-0.2, 0) is 0 Å². The Bertz CT molecular complexity index is 1570. The summed E-state index contributed by atoms with van der Waals surface area (Å²) in [5.41, 5.74) is 7.42. The molecule has 1 aliphatic heterocycles. The topological polar surface area (TPSA) is 91.5 Å². The minimum Gasteiger partial charge on any atom is -0.368 e. The van der Waals surface area contributed by atoms with Gasteiger partial charge in [-0.1, -0.05) is 29.8 Å². The molecule has 1 N–H and O–H groups in total. The quantitative estimate of drug-likeness (QED) is 0.418. The molecule has 3 aromatic carbocycles. The van der Waals surface area contributed by atoms with E-state index in [1.54, 1.807) is 4.52 Å². The predicted octanol–water partition coefficient (Wildman–Crippen LogP) is 4.00. The van der Waals surface area contributed by atoms with Crippen molar-refractivity contribution in [2.45, 2.75) is 13.8 Å². The molecule has 1 aliphatic rings. The van der Waals surface area contributed by atoms with Gasteiger partial charge in [-0.2, -0.15) is 4.52 Å². The van der Waals surface area contributed by atoms with Crippen LogP contribution in [-0.4, -0.2) is 62.0 Å². The monoisotopic (exact) mass is 478 g/mol. The fraction of sp³-hybridized carbons (Fsp3) is 0.222. The maximum atomic E-state index is 13.2. The molecule has 2 aromatic heterocycles. The van der Waals surface area contributed by atoms with Crippen molar-refractivity contribution >= 4 is 39.8 Å². The number of para-hydroxylation sites is 2. The molecule has 3 heterocycles. The number of nitrogens with one attached hydrogen (secondary N) is 1. The molecule has 0 spiro atoms. The van der Waals surface area contributed by atoms with Crippen LogP contribution in [0.2, 0.25) is 0 Å². The number of anilines is 3. The number of benzene rings is 3. The van der Waals surface area contributed by atoms with Crippen LogP contribution < -0.4 is 10.2 Å². The van der Waals surface area contributed by atoms with E-state index in [1.165, 1.54) is 16.8 Å². The molecule has 1 fully saturated rings. The number of carbonyl (C=O) groups is 1. The van der Waals surface area contributed by atoms with Crippen LogP contribution in [0.15, 0.2) is 66.7 Å². The van der Waals surface area contributed by atoms with E-state index in [1.807, 2.05) is 53.4 Å². The normalized spacial score (nSPS) is 13.9. The summed E-state index contributed by atoms with van der Waals surface area (Å²) in [6, 6.07) is 21.7. The molecule has 1 saturated heterocycles. The van der Waals surface area contributed by atoms with Gasteiger partial charge in [-0.25, -0.2) is 4.98 Å². The number of piperazine rings is 1. The van der Waals surface area contributed by atoms with E-state index in [2.05, 4.69) is 57.8 Å². The number of nitrogens with zero attached hydrogens (tertiary/aromatic N) is 7. The molecule has 0 aliphatic carbocycles. The van der Waals surface area contributed by atoms with Gasteiger partial charge < -0.3 is 15.1 Å². The Balaban J connectivity index is 1.15. The molecule has 5 aromatic rings. The standard InChI is InChI=1S/C27H26N8O/c1-18-7-12-23(19(2)17-18)33-13-15-34(16-14-33)27(36)20-8-10-21(11-9-20)28-25-26-30-31-32-35(26)24-6-4-3-5-22(24)29-25/h3-12,17H,13-16H2,1-2H3,(H,28,29). The third-order valence-corrected chi connectivity index (χ3v) is 6.68. The average Bonchev–Trinajstić information content (AvgIpc) is 3.40. The first-order chi connectivity index (χ1) is 17.6. The van der Waals surface area contributed by atoms with Gasteiger partial charge in [0.2, 0.25) is 5.65 Å². The molecule has 180 valence electrons. The van der Waals surface area contributed by atoms with E-state index in [0.29, 0.717) is 30.1 Å². The van der Waals surface area contributed by atoms with Gasteiger partial charge in [-0.3, -0.25) is 4.79 Å². The maximum Gasteiger partial charge on any atom is 0.253 e. The van der Waals surface area contributed by atoms with Crippen LogP contribution in [0.25, 0.3) is 16.7 Å². The number of rotatable bonds is 4. The van der Waals surface area contributed by atoms with Crippen molar-refractivity contribution in [3.63, 3.8) is 0 Å². The molecule has 0 bridgehead atoms. The fourth-order valence-corrected chi connectivity index (χ4v) is 4.82. The third-order valence-electron chi connectivity index (χ3n) is 6.68. The van der Waals surface area contributed by atoms with Crippen LogP contribution in [0.5, 0.6) is 0 Å². The molecular formula is C27H26N8O. The summed E-state index contributed by atoms with van der Waals surface area (Å²) in [5, 5.41) is 15.3. The van der Waals surface area contributed by atoms with Crippen LogP contribution in [0.3, 0.4) is 0 Å². The van der Waals surface area contributed by atoms with Crippen LogP contribution in [0, 0.1) is 13.8 Å². The Hall–Kier alpha value is -4.53. The van der Waals surface area contributed by atoms with Gasteiger partial charge in [-0.15, -0.1) is 5.10 Å². The summed E-state index contributed by atoms with van der Waals surface area (Å²) in [4.78, 5) is 22.1. The Morgan fingerprint density at radius 3 is 2.47 bits per heavy atom. The van der Waals surface area contributed by atoms with Crippen LogP contribution in [0.1, 0.15) is 21.5 Å². The van der Waals surface area contributed by atoms with Gasteiger partial charge in [0.1, 0.15) is 0 Å². The maximum absolute atomic E-state index is 13.2. The molecule has 0 atom stereocenters. The minimum atomic E-state index is 0.0507. The summed E-state index contributed by atoms with van der Waals surface area (Å²) in [6.07, 6.45) is 0. The van der Waals surface area contributed by atoms with E-state index in [4.69, 9.17) is 4.98 Å². The average molecular weight is 479 g/mol. The summed E-state index contributed by atoms with van der Waals surface area (Å²) < 4.78 is 1.67. The van der Waals surface area contributed by atoms with E-state index < -0.39 is 0 Å². The summed E-state index contributed by atoms with van der Waals surface area (Å²) in [5.74, 6) is 0.606. The van der Waals surface area contributed by atoms with Crippen LogP contribution >= 0.6 is 0 Å². The largest absolute Gasteiger partial charge is 0.368 e. The molecule has 1 amide bonds. The van der Waals surface area contributed by atoms with E-state index >= 15 is 0 Å². The summed E-state index contributed by atoms with van der Waals surface area (Å²) >= 11 is 0. The van der Waals surface area contributed by atoms with Crippen molar-refractivity contribution in [1.82, 2.24) is 29.9 Å². The van der Waals surface area contributed by atoms with E-state index in [-0.39, 0.29) is 5.91 Å². The van der Waals surface area contributed by atoms with Crippen molar-refractivity contribution in [1.29, 1.82) is 0 Å². The van der Waals surface area contributed by atoms with Gasteiger partial charge >= 0.3 is 0 Å². The lowest BCUT2D eigenvalue weighted by Crippen LogP contribution is -2.49. The number of hydrogen-bond donors (Lipinski definition) is 1. The lowest BCUT2D eigenvalue weighted by Gasteiger charge is -2.37. The first kappa shape index (κ1) is 22.0. The van der Waals surface area contributed by atoms with Crippen LogP contribution in [0.4, 0.5) is 17.2 Å². The Labute approximate surface area is 208 Å². The molecule has 9 nitrogen and oxygen atoms in total. The Morgan fingerprint density at radius 2 is 1.69 bits per heavy atom. The first-order valence-corrected chi connectivity index (χ1v) is 12.0. The van der Waals surface area contributed by atoms with Crippen molar-refractivity contribution < 1.29 is 4.79 Å². The SMILES string of the molecule is Cc1ccc(N2CCN(C(=O)c3ccc(Nc4nc5ccccc5n5nnnc45)cc3)CC2)c(C)c1. The second-order valence-electron chi connectivity index (χ2n) is 9.13. The first-order valence-electron chi connectivity index (χ1n) is 12.0. The molecule has 36 heavy (non-hydrogen) atoms. The number of tetrazole rings is 1. The smallest absolute Gasteiger partial charge is 0.253 e. The highest BCUT2D eigenvalue weighted by molar-refractivity contribution is 5.95. The van der Waals surface area contributed by atoms with Crippen molar-refractivity contribution in [2.24, 2.45) is 0 Å². The van der Waals surface area contributed by atoms with Crippen molar-refractivity contribution in [2.75, 3.05) is 36.4 Å². The number of aromatic nitrogens is 5. The van der Waals surface area contributed by atoms with Gasteiger partial charge in [0.25, 0.3) is 5.91 Å². The molecular weight excluding hydrogens is 452 g/mol. The molecule has 0 unspecified atom stereocenters. The highest BCUT2D eigenvalue weighted by Gasteiger charge is 2.23. The number of carbonyl (C=O) groups excluding carboxylic acids is 1. The van der Waals surface area contributed by atoms with Gasteiger partial charge in [0.05, 0.1) is 11.0 Å². The predicted molar refractivity (Wildman–Crippen MR) is 140 cm³/mol. The summed E-state index contributed by atoms with van der Waals surface area (Å²) in [6.45, 7) is 7.30. The van der Waals surface area contributed by atoms with Gasteiger partial charge in [0, 0.05) is 43.1 Å². The lowest BCUT2D eigenvalue weighted by molar-refractivity contribution is 0.0747. The molecule has 6 rings (SSSR count). The van der Waals surface area contributed by atoms with E-state index in [0.717, 1.165) is 29.8 Å².